The molecule has 1 N–H and O–H groups in total. The molecule has 0 fully saturated rings. The van der Waals surface area contributed by atoms with E-state index < -0.39 is 15.8 Å². The number of carbonyl (C=O) groups is 1. The molecule has 1 aromatic carbocycles. The fourth-order valence-corrected chi connectivity index (χ4v) is 2.62. The van der Waals surface area contributed by atoms with Crippen molar-refractivity contribution in [3.8, 4) is 0 Å². The lowest BCUT2D eigenvalue weighted by Gasteiger charge is -2.22. The molecule has 0 heterocycles. The van der Waals surface area contributed by atoms with Crippen molar-refractivity contribution < 1.29 is 17.6 Å². The molecule has 0 aliphatic heterocycles. The van der Waals surface area contributed by atoms with Gasteiger partial charge < -0.3 is 5.32 Å². The lowest BCUT2D eigenvalue weighted by Crippen LogP contribution is -2.36. The highest BCUT2D eigenvalue weighted by Crippen LogP contribution is 2.18. The number of hydrogen-bond acceptors (Lipinski definition) is 3. The third-order valence-corrected chi connectivity index (χ3v) is 3.70. The molecular formula is C13H19FN2O3S. The Hall–Kier alpha value is -1.63. The number of anilines is 1. The van der Waals surface area contributed by atoms with Crippen molar-refractivity contribution >= 4 is 21.6 Å². The van der Waals surface area contributed by atoms with E-state index in [9.17, 15) is 17.6 Å². The minimum atomic E-state index is -3.52. The Morgan fingerprint density at radius 1 is 1.30 bits per heavy atom. The zero-order valence-corrected chi connectivity index (χ0v) is 12.6. The Labute approximate surface area is 118 Å². The van der Waals surface area contributed by atoms with Gasteiger partial charge in [0.1, 0.15) is 5.82 Å². The molecule has 0 spiro atoms. The smallest absolute Gasteiger partial charge is 0.232 e. The lowest BCUT2D eigenvalue weighted by atomic mass is 10.3. The van der Waals surface area contributed by atoms with E-state index in [2.05, 4.69) is 5.32 Å². The Kier molecular flexibility index (Phi) is 5.50. The highest BCUT2D eigenvalue weighted by molar-refractivity contribution is 7.92. The second-order valence-electron chi connectivity index (χ2n) is 4.78. The maximum Gasteiger partial charge on any atom is 0.232 e. The predicted octanol–water partition coefficient (Wildman–Crippen LogP) is 1.51. The Morgan fingerprint density at radius 2 is 1.85 bits per heavy atom. The zero-order chi connectivity index (χ0) is 15.3. The Morgan fingerprint density at radius 3 is 2.30 bits per heavy atom. The van der Waals surface area contributed by atoms with Crippen molar-refractivity contribution in [2.24, 2.45) is 0 Å². The molecule has 0 aliphatic carbocycles. The largest absolute Gasteiger partial charge is 0.354 e. The van der Waals surface area contributed by atoms with Crippen LogP contribution in [0.15, 0.2) is 24.3 Å². The van der Waals surface area contributed by atoms with Crippen molar-refractivity contribution in [1.29, 1.82) is 0 Å². The van der Waals surface area contributed by atoms with Crippen LogP contribution in [0.5, 0.6) is 0 Å². The van der Waals surface area contributed by atoms with Crippen LogP contribution in [0.3, 0.4) is 0 Å². The van der Waals surface area contributed by atoms with Crippen LogP contribution < -0.4 is 9.62 Å². The molecule has 1 amide bonds. The fourth-order valence-electron chi connectivity index (χ4n) is 1.69. The van der Waals surface area contributed by atoms with Gasteiger partial charge in [0.2, 0.25) is 15.9 Å². The molecular weight excluding hydrogens is 283 g/mol. The minimum Gasteiger partial charge on any atom is -0.354 e. The average molecular weight is 302 g/mol. The van der Waals surface area contributed by atoms with Crippen LogP contribution in [0.1, 0.15) is 20.3 Å². The fraction of sp³-hybridized carbons (Fsp3) is 0.462. The van der Waals surface area contributed by atoms with Crippen molar-refractivity contribution in [2.75, 3.05) is 17.1 Å². The summed E-state index contributed by atoms with van der Waals surface area (Å²) in [4.78, 5) is 11.6. The molecule has 0 saturated heterocycles. The number of amides is 1. The van der Waals surface area contributed by atoms with Gasteiger partial charge in [0.05, 0.1) is 11.9 Å². The number of benzene rings is 1. The van der Waals surface area contributed by atoms with E-state index >= 15 is 0 Å². The van der Waals surface area contributed by atoms with Crippen LogP contribution in [0, 0.1) is 5.82 Å². The molecule has 112 valence electrons. The van der Waals surface area contributed by atoms with E-state index in [-0.39, 0.29) is 24.9 Å². The molecule has 0 aromatic heterocycles. The van der Waals surface area contributed by atoms with Crippen molar-refractivity contribution in [1.82, 2.24) is 5.32 Å². The molecule has 0 saturated carbocycles. The highest BCUT2D eigenvalue weighted by Gasteiger charge is 2.18. The SMILES string of the molecule is CC(C)NC(=O)CCN(c1ccc(F)cc1)S(C)(=O)=O. The van der Waals surface area contributed by atoms with Gasteiger partial charge in [0.25, 0.3) is 0 Å². The van der Waals surface area contributed by atoms with Gasteiger partial charge in [-0.2, -0.15) is 0 Å². The summed E-state index contributed by atoms with van der Waals surface area (Å²) in [5.41, 5.74) is 0.339. The van der Waals surface area contributed by atoms with Gasteiger partial charge in [0.15, 0.2) is 0 Å². The van der Waals surface area contributed by atoms with Gasteiger partial charge in [-0.3, -0.25) is 9.10 Å². The summed E-state index contributed by atoms with van der Waals surface area (Å²) in [6.07, 6.45) is 1.10. The van der Waals surface area contributed by atoms with Crippen molar-refractivity contribution in [3.63, 3.8) is 0 Å². The summed E-state index contributed by atoms with van der Waals surface area (Å²) in [5, 5.41) is 2.69. The van der Waals surface area contributed by atoms with Crippen LogP contribution in [0.25, 0.3) is 0 Å². The summed E-state index contributed by atoms with van der Waals surface area (Å²) < 4.78 is 37.5. The third kappa shape index (κ3) is 5.16. The van der Waals surface area contributed by atoms with Crippen LogP contribution in [-0.2, 0) is 14.8 Å². The maximum atomic E-state index is 12.9. The van der Waals surface area contributed by atoms with Gasteiger partial charge in [-0.25, -0.2) is 12.8 Å². The Balaban J connectivity index is 2.82. The first-order chi connectivity index (χ1) is 9.20. The van der Waals surface area contributed by atoms with Crippen molar-refractivity contribution in [3.05, 3.63) is 30.1 Å². The summed E-state index contributed by atoms with van der Waals surface area (Å²) in [6.45, 7) is 3.67. The number of carbonyl (C=O) groups excluding carboxylic acids is 1. The summed E-state index contributed by atoms with van der Waals surface area (Å²) in [6, 6.07) is 5.11. The standard InChI is InChI=1S/C13H19FN2O3S/c1-10(2)15-13(17)8-9-16(20(3,18)19)12-6-4-11(14)5-7-12/h4-7,10H,8-9H2,1-3H3,(H,15,17). The number of halogens is 1. The van der Waals surface area contributed by atoms with E-state index in [1.165, 1.54) is 24.3 Å². The molecule has 0 unspecified atom stereocenters. The second kappa shape index (κ2) is 6.69. The van der Waals surface area contributed by atoms with Gasteiger partial charge in [0, 0.05) is 19.0 Å². The monoisotopic (exact) mass is 302 g/mol. The molecule has 0 atom stereocenters. The number of nitrogens with one attached hydrogen (secondary N) is 1. The molecule has 1 aromatic rings. The first-order valence-electron chi connectivity index (χ1n) is 6.23. The predicted molar refractivity (Wildman–Crippen MR) is 76.5 cm³/mol. The quantitative estimate of drug-likeness (QED) is 0.866. The Bertz CT molecular complexity index is 555. The number of hydrogen-bond donors (Lipinski definition) is 1. The van der Waals surface area contributed by atoms with E-state index in [0.29, 0.717) is 5.69 Å². The number of sulfonamides is 1. The molecule has 7 heteroatoms. The molecule has 1 rings (SSSR count). The topological polar surface area (TPSA) is 66.5 Å². The molecule has 0 aliphatic rings. The average Bonchev–Trinajstić information content (AvgIpc) is 2.29. The third-order valence-electron chi connectivity index (χ3n) is 2.51. The van der Waals surface area contributed by atoms with Gasteiger partial charge in [-0.15, -0.1) is 0 Å². The lowest BCUT2D eigenvalue weighted by molar-refractivity contribution is -0.121. The number of rotatable bonds is 6. The zero-order valence-electron chi connectivity index (χ0n) is 11.8. The summed E-state index contributed by atoms with van der Waals surface area (Å²) in [5.74, 6) is -0.671. The molecule has 0 bridgehead atoms. The van der Waals surface area contributed by atoms with Crippen LogP contribution >= 0.6 is 0 Å². The van der Waals surface area contributed by atoms with Crippen LogP contribution in [0.2, 0.25) is 0 Å². The summed E-state index contributed by atoms with van der Waals surface area (Å²) >= 11 is 0. The van der Waals surface area contributed by atoms with E-state index in [4.69, 9.17) is 0 Å². The molecule has 0 radical (unpaired) electrons. The molecule has 5 nitrogen and oxygen atoms in total. The first kappa shape index (κ1) is 16.4. The second-order valence-corrected chi connectivity index (χ2v) is 6.69. The van der Waals surface area contributed by atoms with Gasteiger partial charge in [-0.1, -0.05) is 0 Å². The van der Waals surface area contributed by atoms with E-state index in [0.717, 1.165) is 10.6 Å². The van der Waals surface area contributed by atoms with Gasteiger partial charge >= 0.3 is 0 Å². The van der Waals surface area contributed by atoms with E-state index in [1.807, 2.05) is 13.8 Å². The summed E-state index contributed by atoms with van der Waals surface area (Å²) in [7, 11) is -3.52. The normalized spacial score (nSPS) is 11.4. The highest BCUT2D eigenvalue weighted by atomic mass is 32.2. The minimum absolute atomic E-state index is 0.00000447. The van der Waals surface area contributed by atoms with Crippen molar-refractivity contribution in [2.45, 2.75) is 26.3 Å². The molecule has 20 heavy (non-hydrogen) atoms. The first-order valence-corrected chi connectivity index (χ1v) is 8.07. The number of nitrogens with zero attached hydrogens (tertiary/aromatic N) is 1. The maximum absolute atomic E-state index is 12.9. The van der Waals surface area contributed by atoms with E-state index in [1.54, 1.807) is 0 Å². The van der Waals surface area contributed by atoms with Crippen LogP contribution in [-0.4, -0.2) is 33.2 Å². The van der Waals surface area contributed by atoms with Crippen LogP contribution in [0.4, 0.5) is 10.1 Å². The van der Waals surface area contributed by atoms with Gasteiger partial charge in [-0.05, 0) is 38.1 Å².